The zero-order chi connectivity index (χ0) is 9.47. The monoisotopic (exact) mass is 180 g/mol. The first-order valence-electron chi connectivity index (χ1n) is 4.47. The molecule has 0 aromatic rings. The minimum Gasteiger partial charge on any atom is -0.468 e. The number of allylic oxidation sites excluding steroid dienone is 1. The van der Waals surface area contributed by atoms with Gasteiger partial charge in [-0.25, -0.2) is 0 Å². The SMILES string of the molecule is COC(=O)C1(C=O)CC2CC=C1C2. The summed E-state index contributed by atoms with van der Waals surface area (Å²) < 4.78 is 4.67. The van der Waals surface area contributed by atoms with Crippen LogP contribution >= 0.6 is 0 Å². The summed E-state index contributed by atoms with van der Waals surface area (Å²) >= 11 is 0. The van der Waals surface area contributed by atoms with Gasteiger partial charge in [-0.15, -0.1) is 0 Å². The van der Waals surface area contributed by atoms with Crippen molar-refractivity contribution in [3.8, 4) is 0 Å². The van der Waals surface area contributed by atoms with Crippen LogP contribution < -0.4 is 0 Å². The highest BCUT2D eigenvalue weighted by Gasteiger charge is 2.52. The van der Waals surface area contributed by atoms with Gasteiger partial charge in [0.15, 0.2) is 0 Å². The highest BCUT2D eigenvalue weighted by Crippen LogP contribution is 2.51. The lowest BCUT2D eigenvalue weighted by Gasteiger charge is -2.23. The van der Waals surface area contributed by atoms with E-state index in [1.807, 2.05) is 6.08 Å². The van der Waals surface area contributed by atoms with Crippen LogP contribution in [0.5, 0.6) is 0 Å². The molecule has 0 heterocycles. The first kappa shape index (κ1) is 8.48. The molecule has 0 aromatic carbocycles. The van der Waals surface area contributed by atoms with Crippen molar-refractivity contribution in [2.45, 2.75) is 19.3 Å². The van der Waals surface area contributed by atoms with E-state index in [4.69, 9.17) is 0 Å². The Kier molecular flexibility index (Phi) is 1.75. The van der Waals surface area contributed by atoms with Gasteiger partial charge in [-0.05, 0) is 30.8 Å². The maximum absolute atomic E-state index is 11.5. The Bertz CT molecular complexity index is 293. The molecule has 0 saturated heterocycles. The summed E-state index contributed by atoms with van der Waals surface area (Å²) in [5, 5.41) is 0. The highest BCUT2D eigenvalue weighted by atomic mass is 16.5. The summed E-state index contributed by atoms with van der Waals surface area (Å²) in [5.74, 6) is 0.0928. The van der Waals surface area contributed by atoms with Crippen LogP contribution in [0, 0.1) is 11.3 Å². The van der Waals surface area contributed by atoms with Crippen molar-refractivity contribution in [3.05, 3.63) is 11.6 Å². The summed E-state index contributed by atoms with van der Waals surface area (Å²) in [7, 11) is 1.33. The lowest BCUT2D eigenvalue weighted by molar-refractivity contribution is -0.152. The number of esters is 1. The molecule has 2 atom stereocenters. The van der Waals surface area contributed by atoms with Gasteiger partial charge in [0.2, 0.25) is 0 Å². The Morgan fingerprint density at radius 1 is 1.77 bits per heavy atom. The van der Waals surface area contributed by atoms with Gasteiger partial charge >= 0.3 is 5.97 Å². The number of hydrogen-bond donors (Lipinski definition) is 0. The summed E-state index contributed by atoms with van der Waals surface area (Å²) in [6, 6.07) is 0. The number of fused-ring (bicyclic) bond motifs is 2. The molecule has 1 fully saturated rings. The molecule has 3 heteroatoms. The van der Waals surface area contributed by atoms with E-state index in [0.29, 0.717) is 12.3 Å². The van der Waals surface area contributed by atoms with E-state index in [0.717, 1.165) is 24.7 Å². The normalized spacial score (nSPS) is 35.8. The predicted molar refractivity (Wildman–Crippen MR) is 45.9 cm³/mol. The van der Waals surface area contributed by atoms with Gasteiger partial charge in [-0.3, -0.25) is 4.79 Å². The second kappa shape index (κ2) is 2.69. The number of carbonyl (C=O) groups is 2. The van der Waals surface area contributed by atoms with Gasteiger partial charge in [0, 0.05) is 0 Å². The van der Waals surface area contributed by atoms with Crippen LogP contribution in [0.25, 0.3) is 0 Å². The van der Waals surface area contributed by atoms with Crippen molar-refractivity contribution in [2.75, 3.05) is 7.11 Å². The summed E-state index contributed by atoms with van der Waals surface area (Å²) in [4.78, 5) is 22.4. The number of rotatable bonds is 2. The van der Waals surface area contributed by atoms with Gasteiger partial charge in [0.25, 0.3) is 0 Å². The van der Waals surface area contributed by atoms with Crippen molar-refractivity contribution >= 4 is 12.3 Å². The van der Waals surface area contributed by atoms with Gasteiger partial charge in [0.1, 0.15) is 11.7 Å². The third-order valence-electron chi connectivity index (χ3n) is 3.14. The molecule has 0 N–H and O–H groups in total. The van der Waals surface area contributed by atoms with E-state index >= 15 is 0 Å². The van der Waals surface area contributed by atoms with Crippen molar-refractivity contribution < 1.29 is 14.3 Å². The average Bonchev–Trinajstić information content (AvgIpc) is 2.75. The van der Waals surface area contributed by atoms with Gasteiger partial charge in [0.05, 0.1) is 7.11 Å². The lowest BCUT2D eigenvalue weighted by Crippen LogP contribution is -2.34. The fourth-order valence-electron chi connectivity index (χ4n) is 2.46. The summed E-state index contributed by atoms with van der Waals surface area (Å²) in [6.45, 7) is 0. The molecule has 70 valence electrons. The van der Waals surface area contributed by atoms with Crippen molar-refractivity contribution in [3.63, 3.8) is 0 Å². The zero-order valence-corrected chi connectivity index (χ0v) is 7.58. The highest BCUT2D eigenvalue weighted by molar-refractivity contribution is 5.98. The van der Waals surface area contributed by atoms with Crippen LogP contribution in [0.1, 0.15) is 19.3 Å². The summed E-state index contributed by atoms with van der Waals surface area (Å²) in [5.41, 5.74) is 0.0526. The zero-order valence-electron chi connectivity index (χ0n) is 7.58. The minimum absolute atomic E-state index is 0.393. The molecule has 2 rings (SSSR count). The second-order valence-corrected chi connectivity index (χ2v) is 3.82. The largest absolute Gasteiger partial charge is 0.468 e. The molecule has 0 amide bonds. The number of methoxy groups -OCH3 is 1. The number of ether oxygens (including phenoxy) is 1. The molecule has 1 saturated carbocycles. The molecule has 2 unspecified atom stereocenters. The van der Waals surface area contributed by atoms with E-state index in [-0.39, 0.29) is 0 Å². The van der Waals surface area contributed by atoms with E-state index in [2.05, 4.69) is 4.74 Å². The smallest absolute Gasteiger partial charge is 0.323 e. The molecule has 0 aliphatic heterocycles. The van der Waals surface area contributed by atoms with E-state index in [9.17, 15) is 9.59 Å². The standard InChI is InChI=1S/C10H12O3/c1-13-9(12)10(6-11)5-7-2-3-8(10)4-7/h3,6-7H,2,4-5H2,1H3. The lowest BCUT2D eigenvalue weighted by atomic mass is 9.80. The van der Waals surface area contributed by atoms with Crippen LogP contribution in [0.3, 0.4) is 0 Å². The maximum Gasteiger partial charge on any atom is 0.323 e. The molecule has 0 spiro atoms. The predicted octanol–water partition coefficient (Wildman–Crippen LogP) is 1.08. The van der Waals surface area contributed by atoms with Crippen LogP contribution in [0.2, 0.25) is 0 Å². The Morgan fingerprint density at radius 2 is 2.54 bits per heavy atom. The van der Waals surface area contributed by atoms with E-state index in [1.165, 1.54) is 7.11 Å². The molecular formula is C10H12O3. The third kappa shape index (κ3) is 0.961. The second-order valence-electron chi connectivity index (χ2n) is 3.82. The number of aldehydes is 1. The Balaban J connectivity index is 2.37. The van der Waals surface area contributed by atoms with E-state index in [1.54, 1.807) is 0 Å². The molecule has 0 radical (unpaired) electrons. The molecule has 3 nitrogen and oxygen atoms in total. The van der Waals surface area contributed by atoms with Crippen LogP contribution in [0.4, 0.5) is 0 Å². The molecule has 2 bridgehead atoms. The molecule has 0 aromatic heterocycles. The first-order valence-corrected chi connectivity index (χ1v) is 4.47. The van der Waals surface area contributed by atoms with Crippen molar-refractivity contribution in [1.82, 2.24) is 0 Å². The maximum atomic E-state index is 11.5. The topological polar surface area (TPSA) is 43.4 Å². The Labute approximate surface area is 76.8 Å². The van der Waals surface area contributed by atoms with Crippen molar-refractivity contribution in [1.29, 1.82) is 0 Å². The number of hydrogen-bond acceptors (Lipinski definition) is 3. The third-order valence-corrected chi connectivity index (χ3v) is 3.14. The van der Waals surface area contributed by atoms with Crippen molar-refractivity contribution in [2.24, 2.45) is 11.3 Å². The molecular weight excluding hydrogens is 168 g/mol. The van der Waals surface area contributed by atoms with Crippen LogP contribution in [0.15, 0.2) is 11.6 Å². The first-order chi connectivity index (χ1) is 6.23. The van der Waals surface area contributed by atoms with Gasteiger partial charge in [-0.2, -0.15) is 0 Å². The number of carbonyl (C=O) groups excluding carboxylic acids is 2. The van der Waals surface area contributed by atoms with Crippen LogP contribution in [-0.2, 0) is 14.3 Å². The Morgan fingerprint density at radius 3 is 2.92 bits per heavy atom. The minimum atomic E-state index is -0.919. The quantitative estimate of drug-likeness (QED) is 0.276. The molecule has 2 aliphatic rings. The van der Waals surface area contributed by atoms with E-state index < -0.39 is 11.4 Å². The Hall–Kier alpha value is -1.12. The average molecular weight is 180 g/mol. The fourth-order valence-corrected chi connectivity index (χ4v) is 2.46. The fraction of sp³-hybridized carbons (Fsp3) is 0.600. The van der Waals surface area contributed by atoms with Gasteiger partial charge in [-0.1, -0.05) is 6.08 Å². The van der Waals surface area contributed by atoms with Crippen LogP contribution in [-0.4, -0.2) is 19.4 Å². The molecule has 13 heavy (non-hydrogen) atoms. The van der Waals surface area contributed by atoms with Gasteiger partial charge < -0.3 is 9.53 Å². The molecule has 2 aliphatic carbocycles. The summed E-state index contributed by atoms with van der Waals surface area (Å²) in [6.07, 6.45) is 5.33.